The number of aromatic nitrogens is 1. The maximum Gasteiger partial charge on any atom is 0.358 e. The molecule has 0 spiro atoms. The third kappa shape index (κ3) is 5.22. The molecular weight excluding hydrogens is 408 g/mol. The molecule has 1 aromatic carbocycles. The van der Waals surface area contributed by atoms with Crippen LogP contribution in [0.3, 0.4) is 0 Å². The lowest BCUT2D eigenvalue weighted by molar-refractivity contribution is 0.0470. The molecule has 0 saturated heterocycles. The summed E-state index contributed by atoms with van der Waals surface area (Å²) in [6.07, 6.45) is 1.04. The molecule has 10 heteroatoms. The van der Waals surface area contributed by atoms with Crippen molar-refractivity contribution < 1.29 is 22.7 Å². The highest BCUT2D eigenvalue weighted by Crippen LogP contribution is 2.25. The molecule has 0 unspecified atom stereocenters. The number of rotatable bonds is 7. The quantitative estimate of drug-likeness (QED) is 0.463. The van der Waals surface area contributed by atoms with E-state index in [-0.39, 0.29) is 5.69 Å². The number of esters is 1. The Bertz CT molecular complexity index is 1050. The third-order valence-electron chi connectivity index (χ3n) is 3.33. The molecule has 2 heterocycles. The van der Waals surface area contributed by atoms with Crippen LogP contribution >= 0.6 is 22.7 Å². The first-order valence-corrected chi connectivity index (χ1v) is 11.3. The first-order valence-electron chi connectivity index (χ1n) is 7.58. The van der Waals surface area contributed by atoms with Gasteiger partial charge in [-0.2, -0.15) is 11.3 Å². The van der Waals surface area contributed by atoms with Crippen molar-refractivity contribution in [2.45, 2.75) is 0 Å². The van der Waals surface area contributed by atoms with Gasteiger partial charge in [-0.25, -0.2) is 18.2 Å². The Morgan fingerprint density at radius 2 is 1.89 bits per heavy atom. The van der Waals surface area contributed by atoms with E-state index in [0.717, 1.165) is 11.8 Å². The number of sulfonamides is 1. The van der Waals surface area contributed by atoms with E-state index in [1.807, 2.05) is 16.8 Å². The topological polar surface area (TPSA) is 102 Å². The number of carbonyl (C=O) groups is 2. The summed E-state index contributed by atoms with van der Waals surface area (Å²) in [5, 5.41) is 6.15. The molecular formula is C17H14N2O5S3. The average molecular weight is 423 g/mol. The van der Waals surface area contributed by atoms with Crippen molar-refractivity contribution in [1.82, 2.24) is 4.98 Å². The second kappa shape index (κ2) is 7.99. The second-order valence-corrected chi connectivity index (χ2v) is 8.89. The van der Waals surface area contributed by atoms with Crippen molar-refractivity contribution >= 4 is 50.1 Å². The van der Waals surface area contributed by atoms with E-state index in [4.69, 9.17) is 4.74 Å². The number of carbonyl (C=O) groups excluding carboxylic acids is 2. The third-order valence-corrected chi connectivity index (χ3v) is 5.51. The van der Waals surface area contributed by atoms with E-state index < -0.39 is 28.4 Å². The minimum atomic E-state index is -3.39. The summed E-state index contributed by atoms with van der Waals surface area (Å²) in [5.41, 5.74) is 1.73. The molecule has 27 heavy (non-hydrogen) atoms. The number of thiophene rings is 1. The Hall–Kier alpha value is -2.56. The summed E-state index contributed by atoms with van der Waals surface area (Å²) < 4.78 is 29.7. The molecule has 0 amide bonds. The molecule has 7 nitrogen and oxygen atoms in total. The highest BCUT2D eigenvalue weighted by molar-refractivity contribution is 7.92. The van der Waals surface area contributed by atoms with Crippen LogP contribution in [0.5, 0.6) is 0 Å². The minimum absolute atomic E-state index is 0.154. The summed E-state index contributed by atoms with van der Waals surface area (Å²) >= 11 is 2.86. The minimum Gasteiger partial charge on any atom is -0.453 e. The van der Waals surface area contributed by atoms with E-state index in [9.17, 15) is 18.0 Å². The van der Waals surface area contributed by atoms with Crippen molar-refractivity contribution in [3.63, 3.8) is 0 Å². The number of thiazole rings is 1. The van der Waals surface area contributed by atoms with E-state index in [2.05, 4.69) is 9.71 Å². The number of ether oxygens (including phenoxy) is 1. The largest absolute Gasteiger partial charge is 0.453 e. The molecule has 2 aromatic heterocycles. The van der Waals surface area contributed by atoms with E-state index >= 15 is 0 Å². The SMILES string of the molecule is CS(=O)(=O)Nc1ccc(C(=O)COC(=O)c2csc(-c3ccsc3)n2)cc1. The van der Waals surface area contributed by atoms with Crippen LogP contribution < -0.4 is 4.72 Å². The standard InChI is InChI=1S/C17H14N2O5S3/c1-27(22,23)19-13-4-2-11(3-5-13)15(20)8-24-17(21)14-10-26-16(18-14)12-6-7-25-9-12/h2-7,9-10,19H,8H2,1H3. The fourth-order valence-electron chi connectivity index (χ4n) is 2.11. The Kier molecular flexibility index (Phi) is 5.68. The van der Waals surface area contributed by atoms with Gasteiger partial charge in [-0.05, 0) is 35.7 Å². The lowest BCUT2D eigenvalue weighted by Crippen LogP contribution is -2.15. The summed E-state index contributed by atoms with van der Waals surface area (Å²) in [6.45, 7) is -0.428. The van der Waals surface area contributed by atoms with Gasteiger partial charge in [0.25, 0.3) is 0 Å². The summed E-state index contributed by atoms with van der Waals surface area (Å²) in [7, 11) is -3.39. The number of nitrogens with zero attached hydrogens (tertiary/aromatic N) is 1. The number of benzene rings is 1. The predicted octanol–water partition coefficient (Wildman–Crippen LogP) is 3.28. The Morgan fingerprint density at radius 1 is 1.15 bits per heavy atom. The van der Waals surface area contributed by atoms with Gasteiger partial charge in [0.15, 0.2) is 18.1 Å². The second-order valence-electron chi connectivity index (χ2n) is 5.50. The molecule has 3 rings (SSSR count). The number of nitrogens with one attached hydrogen (secondary N) is 1. The first-order chi connectivity index (χ1) is 12.8. The zero-order valence-corrected chi connectivity index (χ0v) is 16.5. The molecule has 0 aliphatic rings. The molecule has 140 valence electrons. The molecule has 0 radical (unpaired) electrons. The van der Waals surface area contributed by atoms with E-state index in [0.29, 0.717) is 16.3 Å². The number of anilines is 1. The van der Waals surface area contributed by atoms with Gasteiger partial charge < -0.3 is 4.74 Å². The van der Waals surface area contributed by atoms with Crippen LogP contribution in [0.15, 0.2) is 46.5 Å². The van der Waals surface area contributed by atoms with Crippen molar-refractivity contribution in [1.29, 1.82) is 0 Å². The van der Waals surface area contributed by atoms with Gasteiger partial charge in [0.1, 0.15) is 5.01 Å². The number of hydrogen-bond acceptors (Lipinski definition) is 8. The van der Waals surface area contributed by atoms with Gasteiger partial charge in [0.2, 0.25) is 10.0 Å². The Morgan fingerprint density at radius 3 is 2.52 bits per heavy atom. The lowest BCUT2D eigenvalue weighted by Gasteiger charge is -2.05. The van der Waals surface area contributed by atoms with E-state index in [1.54, 1.807) is 5.38 Å². The monoisotopic (exact) mass is 422 g/mol. The molecule has 0 aliphatic heterocycles. The fourth-order valence-corrected chi connectivity index (χ4v) is 4.18. The maximum atomic E-state index is 12.1. The van der Waals surface area contributed by atoms with Crippen LogP contribution in [0, 0.1) is 0 Å². The fraction of sp³-hybridized carbons (Fsp3) is 0.118. The molecule has 0 aliphatic carbocycles. The molecule has 0 bridgehead atoms. The Labute approximate surface area is 163 Å². The lowest BCUT2D eigenvalue weighted by atomic mass is 10.1. The molecule has 0 saturated carbocycles. The van der Waals surface area contributed by atoms with Gasteiger partial charge in [-0.3, -0.25) is 9.52 Å². The molecule has 1 N–H and O–H groups in total. The normalized spacial score (nSPS) is 11.1. The molecule has 0 atom stereocenters. The van der Waals surface area contributed by atoms with Crippen LogP contribution in [0.2, 0.25) is 0 Å². The van der Waals surface area contributed by atoms with Gasteiger partial charge in [-0.1, -0.05) is 0 Å². The highest BCUT2D eigenvalue weighted by Gasteiger charge is 2.16. The maximum absolute atomic E-state index is 12.1. The van der Waals surface area contributed by atoms with Crippen molar-refractivity contribution in [2.75, 3.05) is 17.6 Å². The van der Waals surface area contributed by atoms with Gasteiger partial charge in [0.05, 0.1) is 6.26 Å². The Balaban J connectivity index is 1.58. The van der Waals surface area contributed by atoms with Crippen LogP contribution in [0.1, 0.15) is 20.8 Å². The van der Waals surface area contributed by atoms with Gasteiger partial charge >= 0.3 is 5.97 Å². The van der Waals surface area contributed by atoms with Crippen molar-refractivity contribution in [3.05, 3.63) is 57.7 Å². The number of hydrogen-bond donors (Lipinski definition) is 1. The molecule has 3 aromatic rings. The van der Waals surface area contributed by atoms with Crippen molar-refractivity contribution in [3.8, 4) is 10.6 Å². The summed E-state index contributed by atoms with van der Waals surface area (Å²) in [6, 6.07) is 7.75. The van der Waals surface area contributed by atoms with Crippen LogP contribution in [-0.2, 0) is 14.8 Å². The zero-order valence-electron chi connectivity index (χ0n) is 14.0. The first kappa shape index (κ1) is 19.2. The van der Waals surface area contributed by atoms with Gasteiger partial charge in [0, 0.05) is 27.6 Å². The smallest absolute Gasteiger partial charge is 0.358 e. The van der Waals surface area contributed by atoms with Crippen molar-refractivity contribution in [2.24, 2.45) is 0 Å². The highest BCUT2D eigenvalue weighted by atomic mass is 32.2. The number of ketones is 1. The van der Waals surface area contributed by atoms with Crippen LogP contribution in [-0.4, -0.2) is 38.0 Å². The summed E-state index contributed by atoms with van der Waals surface area (Å²) in [4.78, 5) is 28.4. The van der Waals surface area contributed by atoms with Gasteiger partial charge in [-0.15, -0.1) is 11.3 Å². The predicted molar refractivity (Wildman–Crippen MR) is 105 cm³/mol. The molecule has 0 fully saturated rings. The average Bonchev–Trinajstić information content (AvgIpc) is 3.29. The zero-order chi connectivity index (χ0) is 19.4. The number of Topliss-reactive ketones (excluding diaryl/α,β-unsaturated/α-hetero) is 1. The van der Waals surface area contributed by atoms with Crippen LogP contribution in [0.4, 0.5) is 5.69 Å². The summed E-state index contributed by atoms with van der Waals surface area (Å²) in [5.74, 6) is -1.07. The van der Waals surface area contributed by atoms with Crippen LogP contribution in [0.25, 0.3) is 10.6 Å². The van der Waals surface area contributed by atoms with E-state index in [1.165, 1.54) is 46.9 Å².